The number of aromatic hydroxyl groups is 1. The fourth-order valence-corrected chi connectivity index (χ4v) is 6.86. The second-order valence-corrected chi connectivity index (χ2v) is 12.9. The van der Waals surface area contributed by atoms with E-state index >= 15 is 0 Å². The highest BCUT2D eigenvalue weighted by Crippen LogP contribution is 2.33. The normalized spacial score (nSPS) is 14.8. The highest BCUT2D eigenvalue weighted by molar-refractivity contribution is 7.89. The summed E-state index contributed by atoms with van der Waals surface area (Å²) >= 11 is 0. The standard InChI is InChI=1S/C32H33FN6O4S/c1-21(40)32-31(27-17-24(33)7-10-28(27)35-32)29-20-39(37-36-29)19-22-11-14-38(15-12-22)16-13-34-44(42,43)25-8-9-26(30(41)18-25)23-5-3-2-4-6-23/h2-10,17-18,20,22,34-35,41H,11-16,19H2,1H3. The number of rotatable bonds is 10. The topological polar surface area (TPSA) is 133 Å². The lowest BCUT2D eigenvalue weighted by Crippen LogP contribution is -2.40. The molecule has 1 aliphatic rings. The zero-order valence-electron chi connectivity index (χ0n) is 24.2. The average molecular weight is 617 g/mol. The Bertz CT molecular complexity index is 1910. The molecule has 5 aromatic rings. The third-order valence-corrected chi connectivity index (χ3v) is 9.60. The number of benzene rings is 3. The van der Waals surface area contributed by atoms with Crippen LogP contribution in [0.1, 0.15) is 30.3 Å². The van der Waals surface area contributed by atoms with Crippen LogP contribution < -0.4 is 4.72 Å². The van der Waals surface area contributed by atoms with Crippen LogP contribution in [0.2, 0.25) is 0 Å². The third-order valence-electron chi connectivity index (χ3n) is 8.14. The number of hydrogen-bond donors (Lipinski definition) is 3. The summed E-state index contributed by atoms with van der Waals surface area (Å²) < 4.78 is 44.2. The molecular weight excluding hydrogens is 583 g/mol. The molecule has 12 heteroatoms. The zero-order chi connectivity index (χ0) is 30.8. The second kappa shape index (κ2) is 12.3. The number of phenols is 1. The van der Waals surface area contributed by atoms with Gasteiger partial charge in [0, 0.05) is 54.7 Å². The number of nitrogens with one attached hydrogen (secondary N) is 2. The minimum absolute atomic E-state index is 0.0220. The fourth-order valence-electron chi connectivity index (χ4n) is 5.82. The smallest absolute Gasteiger partial charge is 0.240 e. The number of ketones is 1. The SMILES string of the molecule is CC(=O)c1[nH]c2ccc(F)cc2c1-c1cn(CC2CCN(CCNS(=O)(=O)c3ccc(-c4ccccc4)c(O)c3)CC2)nn1. The number of halogens is 1. The molecule has 1 saturated heterocycles. The summed E-state index contributed by atoms with van der Waals surface area (Å²) in [5.74, 6) is -0.289. The Morgan fingerprint density at radius 3 is 2.59 bits per heavy atom. The summed E-state index contributed by atoms with van der Waals surface area (Å²) in [4.78, 5) is 17.6. The molecule has 3 aromatic carbocycles. The van der Waals surface area contributed by atoms with Crippen molar-refractivity contribution in [3.63, 3.8) is 0 Å². The molecule has 228 valence electrons. The number of likely N-dealkylation sites (tertiary alicyclic amines) is 1. The van der Waals surface area contributed by atoms with E-state index in [1.807, 2.05) is 30.3 Å². The van der Waals surface area contributed by atoms with Gasteiger partial charge in [-0.05, 0) is 67.7 Å². The second-order valence-electron chi connectivity index (χ2n) is 11.2. The maximum Gasteiger partial charge on any atom is 0.240 e. The van der Waals surface area contributed by atoms with Gasteiger partial charge in [-0.25, -0.2) is 17.5 Å². The molecule has 0 radical (unpaired) electrons. The number of fused-ring (bicyclic) bond motifs is 1. The van der Waals surface area contributed by atoms with Gasteiger partial charge in [0.05, 0.1) is 16.8 Å². The van der Waals surface area contributed by atoms with Crippen molar-refractivity contribution in [2.45, 2.75) is 31.2 Å². The summed E-state index contributed by atoms with van der Waals surface area (Å²) in [6.07, 6.45) is 3.62. The van der Waals surface area contributed by atoms with Crippen molar-refractivity contribution in [1.29, 1.82) is 0 Å². The lowest BCUT2D eigenvalue weighted by molar-refractivity contribution is 0.101. The molecule has 0 atom stereocenters. The minimum atomic E-state index is -3.77. The molecule has 0 unspecified atom stereocenters. The first kappa shape index (κ1) is 29.7. The number of carbonyl (C=O) groups is 1. The van der Waals surface area contributed by atoms with Gasteiger partial charge in [0.25, 0.3) is 0 Å². The molecule has 1 fully saturated rings. The van der Waals surface area contributed by atoms with E-state index in [1.165, 1.54) is 31.2 Å². The van der Waals surface area contributed by atoms with Crippen LogP contribution in [0, 0.1) is 11.7 Å². The van der Waals surface area contributed by atoms with Gasteiger partial charge >= 0.3 is 0 Å². The van der Waals surface area contributed by atoms with Crippen molar-refractivity contribution in [3.05, 3.63) is 84.4 Å². The predicted molar refractivity (Wildman–Crippen MR) is 165 cm³/mol. The van der Waals surface area contributed by atoms with Crippen LogP contribution in [0.5, 0.6) is 5.75 Å². The van der Waals surface area contributed by atoms with Gasteiger partial charge in [0.1, 0.15) is 17.3 Å². The van der Waals surface area contributed by atoms with Gasteiger partial charge in [-0.2, -0.15) is 0 Å². The van der Waals surface area contributed by atoms with Crippen molar-refractivity contribution in [2.24, 2.45) is 5.92 Å². The molecule has 10 nitrogen and oxygen atoms in total. The first-order valence-electron chi connectivity index (χ1n) is 14.5. The lowest BCUT2D eigenvalue weighted by Gasteiger charge is -2.31. The molecule has 1 aliphatic heterocycles. The van der Waals surface area contributed by atoms with E-state index in [-0.39, 0.29) is 23.0 Å². The van der Waals surface area contributed by atoms with E-state index in [2.05, 4.69) is 24.9 Å². The van der Waals surface area contributed by atoms with Crippen LogP contribution >= 0.6 is 0 Å². The molecule has 6 rings (SSSR count). The van der Waals surface area contributed by atoms with Gasteiger partial charge < -0.3 is 15.0 Å². The molecule has 0 spiro atoms. The number of phenolic OH excluding ortho intramolecular Hbond substituents is 1. The van der Waals surface area contributed by atoms with Gasteiger partial charge in [-0.1, -0.05) is 35.5 Å². The first-order chi connectivity index (χ1) is 21.2. The van der Waals surface area contributed by atoms with Crippen LogP contribution in [-0.2, 0) is 16.6 Å². The average Bonchev–Trinajstić information content (AvgIpc) is 3.62. The number of carbonyl (C=O) groups excluding carboxylic acids is 1. The predicted octanol–water partition coefficient (Wildman–Crippen LogP) is 4.83. The van der Waals surface area contributed by atoms with Gasteiger partial charge in [0.2, 0.25) is 10.0 Å². The summed E-state index contributed by atoms with van der Waals surface area (Å²) in [7, 11) is -3.77. The minimum Gasteiger partial charge on any atom is -0.507 e. The number of aromatic amines is 1. The van der Waals surface area contributed by atoms with Crippen molar-refractivity contribution in [1.82, 2.24) is 29.6 Å². The number of hydrogen-bond acceptors (Lipinski definition) is 7. The third kappa shape index (κ3) is 6.28. The maximum atomic E-state index is 14.0. The molecule has 0 saturated carbocycles. The number of H-pyrrole nitrogens is 1. The highest BCUT2D eigenvalue weighted by Gasteiger charge is 2.23. The Balaban J connectivity index is 1.01. The Kier molecular flexibility index (Phi) is 8.30. The molecule has 3 heterocycles. The Morgan fingerprint density at radius 1 is 1.09 bits per heavy atom. The number of aromatic nitrogens is 4. The van der Waals surface area contributed by atoms with Crippen molar-refractivity contribution in [3.8, 4) is 28.1 Å². The Morgan fingerprint density at radius 2 is 1.86 bits per heavy atom. The van der Waals surface area contributed by atoms with Gasteiger partial charge in [-0.15, -0.1) is 5.10 Å². The quantitative estimate of drug-likeness (QED) is 0.192. The van der Waals surface area contributed by atoms with Crippen LogP contribution in [0.15, 0.2) is 77.8 Å². The van der Waals surface area contributed by atoms with Crippen LogP contribution in [0.3, 0.4) is 0 Å². The Labute approximate surface area is 254 Å². The number of piperidine rings is 1. The van der Waals surface area contributed by atoms with Crippen molar-refractivity contribution in [2.75, 3.05) is 26.2 Å². The molecule has 0 aliphatic carbocycles. The van der Waals surface area contributed by atoms with E-state index in [4.69, 9.17) is 0 Å². The fraction of sp³-hybridized carbons (Fsp3) is 0.281. The van der Waals surface area contributed by atoms with E-state index in [1.54, 1.807) is 23.0 Å². The zero-order valence-corrected chi connectivity index (χ0v) is 25.0. The molecule has 2 aromatic heterocycles. The number of Topliss-reactive ketones (excluding diaryl/α,β-unsaturated/α-hetero) is 1. The van der Waals surface area contributed by atoms with Crippen LogP contribution in [0.4, 0.5) is 4.39 Å². The number of sulfonamides is 1. The summed E-state index contributed by atoms with van der Waals surface area (Å²) in [5, 5.41) is 19.6. The molecule has 0 bridgehead atoms. The van der Waals surface area contributed by atoms with E-state index in [0.29, 0.717) is 52.4 Å². The van der Waals surface area contributed by atoms with Crippen molar-refractivity contribution >= 4 is 26.7 Å². The Hall–Kier alpha value is -4.39. The van der Waals surface area contributed by atoms with E-state index in [0.717, 1.165) is 31.5 Å². The summed E-state index contributed by atoms with van der Waals surface area (Å²) in [6, 6.07) is 18.1. The van der Waals surface area contributed by atoms with Crippen molar-refractivity contribution < 1.29 is 22.7 Å². The largest absolute Gasteiger partial charge is 0.507 e. The van der Waals surface area contributed by atoms with E-state index in [9.17, 15) is 22.7 Å². The lowest BCUT2D eigenvalue weighted by atomic mass is 9.97. The monoisotopic (exact) mass is 616 g/mol. The summed E-state index contributed by atoms with van der Waals surface area (Å²) in [5.41, 5.74) is 3.49. The molecule has 3 N–H and O–H groups in total. The molecular formula is C32H33FN6O4S. The maximum absolute atomic E-state index is 14.0. The van der Waals surface area contributed by atoms with E-state index < -0.39 is 15.8 Å². The van der Waals surface area contributed by atoms with Gasteiger partial charge in [-0.3, -0.25) is 9.48 Å². The molecule has 0 amide bonds. The number of nitrogens with zero attached hydrogens (tertiary/aromatic N) is 4. The van der Waals surface area contributed by atoms with Crippen LogP contribution in [0.25, 0.3) is 33.3 Å². The summed E-state index contributed by atoms with van der Waals surface area (Å²) in [6.45, 7) is 4.57. The first-order valence-corrected chi connectivity index (χ1v) is 16.0. The van der Waals surface area contributed by atoms with Crippen LogP contribution in [-0.4, -0.2) is 70.4 Å². The highest BCUT2D eigenvalue weighted by atomic mass is 32.2. The van der Waals surface area contributed by atoms with Gasteiger partial charge in [0.15, 0.2) is 5.78 Å². The molecule has 44 heavy (non-hydrogen) atoms.